The maximum atomic E-state index is 11.7. The van der Waals surface area contributed by atoms with Gasteiger partial charge in [-0.05, 0) is 35.4 Å². The van der Waals surface area contributed by atoms with Crippen molar-refractivity contribution in [3.05, 3.63) is 69.1 Å². The van der Waals surface area contributed by atoms with Gasteiger partial charge in [-0.2, -0.15) is 0 Å². The number of fused-ring (bicyclic) bond motifs is 1. The molecule has 0 radical (unpaired) electrons. The average molecular weight is 297 g/mol. The molecule has 0 N–H and O–H groups in total. The number of nitro groups is 1. The van der Waals surface area contributed by atoms with Crippen LogP contribution in [0, 0.1) is 10.1 Å². The van der Waals surface area contributed by atoms with Crippen molar-refractivity contribution in [1.82, 2.24) is 0 Å². The van der Waals surface area contributed by atoms with Gasteiger partial charge in [0, 0.05) is 29.7 Å². The van der Waals surface area contributed by atoms with Crippen molar-refractivity contribution in [3.8, 4) is 16.9 Å². The van der Waals surface area contributed by atoms with E-state index in [0.717, 1.165) is 5.39 Å². The second kappa shape index (κ2) is 5.33. The minimum absolute atomic E-state index is 0.00214. The van der Waals surface area contributed by atoms with Crippen LogP contribution in [0.25, 0.3) is 22.1 Å². The Morgan fingerprint density at radius 3 is 2.45 bits per heavy atom. The van der Waals surface area contributed by atoms with Gasteiger partial charge in [0.15, 0.2) is 0 Å². The Morgan fingerprint density at radius 1 is 1.09 bits per heavy atom. The Labute approximate surface area is 124 Å². The van der Waals surface area contributed by atoms with Crippen LogP contribution in [0.15, 0.2) is 57.7 Å². The topological polar surface area (TPSA) is 82.6 Å². The zero-order chi connectivity index (χ0) is 15.7. The normalized spacial score (nSPS) is 10.6. The number of hydrogen-bond donors (Lipinski definition) is 0. The first-order valence-electron chi connectivity index (χ1n) is 6.45. The zero-order valence-corrected chi connectivity index (χ0v) is 11.6. The van der Waals surface area contributed by atoms with E-state index in [1.807, 2.05) is 0 Å². The molecule has 3 aromatic rings. The van der Waals surface area contributed by atoms with E-state index in [1.165, 1.54) is 25.3 Å². The molecule has 6 heteroatoms. The largest absolute Gasteiger partial charge is 0.497 e. The first kappa shape index (κ1) is 13.8. The van der Waals surface area contributed by atoms with E-state index in [0.29, 0.717) is 22.5 Å². The highest BCUT2D eigenvalue weighted by Gasteiger charge is 2.11. The summed E-state index contributed by atoms with van der Waals surface area (Å²) in [6.07, 6.45) is 0. The number of non-ortho nitro benzene ring substituents is 1. The summed E-state index contributed by atoms with van der Waals surface area (Å²) in [5.74, 6) is 0.580. The SMILES string of the molecule is COc1ccc2c(-c3ccc([N+](=O)[O-])cc3)cc(=O)oc2c1. The van der Waals surface area contributed by atoms with Crippen LogP contribution in [-0.2, 0) is 0 Å². The molecule has 3 rings (SSSR count). The van der Waals surface area contributed by atoms with E-state index >= 15 is 0 Å². The van der Waals surface area contributed by atoms with E-state index in [9.17, 15) is 14.9 Å². The maximum Gasteiger partial charge on any atom is 0.336 e. The Morgan fingerprint density at radius 2 is 1.82 bits per heavy atom. The fraction of sp³-hybridized carbons (Fsp3) is 0.0625. The second-order valence-electron chi connectivity index (χ2n) is 4.65. The van der Waals surface area contributed by atoms with Crippen LogP contribution >= 0.6 is 0 Å². The first-order chi connectivity index (χ1) is 10.6. The van der Waals surface area contributed by atoms with Crippen molar-refractivity contribution in [2.24, 2.45) is 0 Å². The standard InChI is InChI=1S/C16H11NO5/c1-21-12-6-7-13-14(9-16(18)22-15(13)8-12)10-2-4-11(5-3-10)17(19)20/h2-9H,1H3. The molecule has 0 fully saturated rings. The molecule has 0 aliphatic rings. The molecule has 110 valence electrons. The second-order valence-corrected chi connectivity index (χ2v) is 4.65. The summed E-state index contributed by atoms with van der Waals surface area (Å²) in [6.45, 7) is 0. The van der Waals surface area contributed by atoms with Crippen LogP contribution in [0.3, 0.4) is 0 Å². The molecular formula is C16H11NO5. The monoisotopic (exact) mass is 297 g/mol. The Kier molecular flexibility index (Phi) is 3.34. The molecule has 6 nitrogen and oxygen atoms in total. The van der Waals surface area contributed by atoms with Crippen LogP contribution < -0.4 is 10.4 Å². The van der Waals surface area contributed by atoms with Crippen molar-refractivity contribution in [3.63, 3.8) is 0 Å². The summed E-state index contributed by atoms with van der Waals surface area (Å²) in [4.78, 5) is 22.0. The highest BCUT2D eigenvalue weighted by molar-refractivity contribution is 5.93. The fourth-order valence-electron chi connectivity index (χ4n) is 2.27. The van der Waals surface area contributed by atoms with Crippen LogP contribution in [0.4, 0.5) is 5.69 Å². The van der Waals surface area contributed by atoms with Gasteiger partial charge in [-0.25, -0.2) is 4.79 Å². The number of benzene rings is 2. The smallest absolute Gasteiger partial charge is 0.336 e. The molecule has 0 aliphatic heterocycles. The first-order valence-corrected chi connectivity index (χ1v) is 6.45. The summed E-state index contributed by atoms with van der Waals surface area (Å²) in [5.41, 5.74) is 1.27. The Hall–Kier alpha value is -3.15. The lowest BCUT2D eigenvalue weighted by Gasteiger charge is -2.07. The van der Waals surface area contributed by atoms with E-state index in [2.05, 4.69) is 0 Å². The molecule has 1 heterocycles. The molecular weight excluding hydrogens is 286 g/mol. The lowest BCUT2D eigenvalue weighted by Crippen LogP contribution is -1.98. The molecule has 0 unspecified atom stereocenters. The van der Waals surface area contributed by atoms with Crippen LogP contribution in [0.2, 0.25) is 0 Å². The summed E-state index contributed by atoms with van der Waals surface area (Å²) >= 11 is 0. The van der Waals surface area contributed by atoms with Crippen molar-refractivity contribution in [2.75, 3.05) is 7.11 Å². The summed E-state index contributed by atoms with van der Waals surface area (Å²) in [6, 6.07) is 12.6. The lowest BCUT2D eigenvalue weighted by atomic mass is 10.0. The zero-order valence-electron chi connectivity index (χ0n) is 11.6. The molecule has 1 aromatic heterocycles. The number of rotatable bonds is 3. The van der Waals surface area contributed by atoms with Gasteiger partial charge in [-0.15, -0.1) is 0 Å². The van der Waals surface area contributed by atoms with Crippen molar-refractivity contribution < 1.29 is 14.1 Å². The van der Waals surface area contributed by atoms with Crippen LogP contribution in [0.5, 0.6) is 5.75 Å². The van der Waals surface area contributed by atoms with Gasteiger partial charge >= 0.3 is 5.63 Å². The average Bonchev–Trinajstić information content (AvgIpc) is 2.53. The van der Waals surface area contributed by atoms with E-state index in [1.54, 1.807) is 30.3 Å². The maximum absolute atomic E-state index is 11.7. The predicted octanol–water partition coefficient (Wildman–Crippen LogP) is 3.38. The fourth-order valence-corrected chi connectivity index (χ4v) is 2.27. The van der Waals surface area contributed by atoms with Crippen molar-refractivity contribution in [2.45, 2.75) is 0 Å². The summed E-state index contributed by atoms with van der Waals surface area (Å²) in [7, 11) is 1.53. The number of methoxy groups -OCH3 is 1. The highest BCUT2D eigenvalue weighted by atomic mass is 16.6. The van der Waals surface area contributed by atoms with Crippen LogP contribution in [-0.4, -0.2) is 12.0 Å². The molecule has 0 amide bonds. The quantitative estimate of drug-likeness (QED) is 0.420. The minimum Gasteiger partial charge on any atom is -0.497 e. The number of nitrogens with zero attached hydrogens (tertiary/aromatic N) is 1. The summed E-state index contributed by atoms with van der Waals surface area (Å²) < 4.78 is 10.3. The van der Waals surface area contributed by atoms with Crippen molar-refractivity contribution in [1.29, 1.82) is 0 Å². The predicted molar refractivity (Wildman–Crippen MR) is 81.1 cm³/mol. The molecule has 2 aromatic carbocycles. The van der Waals surface area contributed by atoms with Gasteiger partial charge in [0.1, 0.15) is 11.3 Å². The Balaban J connectivity index is 2.21. The molecule has 0 bridgehead atoms. The lowest BCUT2D eigenvalue weighted by molar-refractivity contribution is -0.384. The number of ether oxygens (including phenoxy) is 1. The van der Waals surface area contributed by atoms with Gasteiger partial charge in [-0.1, -0.05) is 0 Å². The highest BCUT2D eigenvalue weighted by Crippen LogP contribution is 2.30. The molecule has 0 saturated heterocycles. The molecule has 0 saturated carbocycles. The number of hydrogen-bond acceptors (Lipinski definition) is 5. The van der Waals surface area contributed by atoms with Gasteiger partial charge in [-0.3, -0.25) is 10.1 Å². The third kappa shape index (κ3) is 2.42. The molecule has 0 atom stereocenters. The molecule has 0 spiro atoms. The summed E-state index contributed by atoms with van der Waals surface area (Å²) in [5, 5.41) is 11.4. The van der Waals surface area contributed by atoms with Gasteiger partial charge < -0.3 is 9.15 Å². The van der Waals surface area contributed by atoms with E-state index in [4.69, 9.17) is 9.15 Å². The number of nitro benzene ring substituents is 1. The Bertz CT molecular complexity index is 912. The van der Waals surface area contributed by atoms with Gasteiger partial charge in [0.25, 0.3) is 5.69 Å². The third-order valence-corrected chi connectivity index (χ3v) is 3.34. The van der Waals surface area contributed by atoms with E-state index < -0.39 is 10.5 Å². The van der Waals surface area contributed by atoms with Crippen molar-refractivity contribution >= 4 is 16.7 Å². The van der Waals surface area contributed by atoms with Gasteiger partial charge in [0.05, 0.1) is 12.0 Å². The molecule has 22 heavy (non-hydrogen) atoms. The van der Waals surface area contributed by atoms with Crippen LogP contribution in [0.1, 0.15) is 0 Å². The minimum atomic E-state index is -0.492. The van der Waals surface area contributed by atoms with E-state index in [-0.39, 0.29) is 5.69 Å². The third-order valence-electron chi connectivity index (χ3n) is 3.34. The molecule has 0 aliphatic carbocycles. The van der Waals surface area contributed by atoms with Gasteiger partial charge in [0.2, 0.25) is 0 Å².